The highest BCUT2D eigenvalue weighted by molar-refractivity contribution is 5.93. The second-order valence-electron chi connectivity index (χ2n) is 6.90. The van der Waals surface area contributed by atoms with E-state index < -0.39 is 66.7 Å². The van der Waals surface area contributed by atoms with Crippen LogP contribution in [0.25, 0.3) is 0 Å². The Labute approximate surface area is 188 Å². The van der Waals surface area contributed by atoms with Gasteiger partial charge in [0, 0.05) is 13.0 Å². The van der Waals surface area contributed by atoms with Gasteiger partial charge in [0.2, 0.25) is 23.6 Å². The molecule has 0 fully saturated rings. The number of hydrogen-bond donors (Lipinski definition) is 9. The fourth-order valence-corrected chi connectivity index (χ4v) is 2.41. The third-order valence-electron chi connectivity index (χ3n) is 4.05. The number of nitrogens with two attached hydrogens (primary N) is 4. The Hall–Kier alpha value is -3.95. The van der Waals surface area contributed by atoms with E-state index in [1.165, 1.54) is 0 Å². The lowest BCUT2D eigenvalue weighted by Crippen LogP contribution is -2.54. The molecule has 0 heterocycles. The molecule has 0 aromatic carbocycles. The van der Waals surface area contributed by atoms with E-state index in [0.29, 0.717) is 0 Å². The van der Waals surface area contributed by atoms with E-state index in [1.807, 2.05) is 0 Å². The van der Waals surface area contributed by atoms with E-state index in [0.717, 1.165) is 0 Å². The summed E-state index contributed by atoms with van der Waals surface area (Å²) in [6.07, 6.45) is -0.950. The maximum absolute atomic E-state index is 12.4. The minimum atomic E-state index is -1.45. The third kappa shape index (κ3) is 13.9. The van der Waals surface area contributed by atoms with Crippen molar-refractivity contribution in [2.45, 2.75) is 50.2 Å². The number of aliphatic carboxylic acids is 2. The zero-order valence-corrected chi connectivity index (χ0v) is 17.8. The molecule has 0 rings (SSSR count). The number of carbonyl (C=O) groups is 6. The number of rotatable bonds is 16. The van der Waals surface area contributed by atoms with E-state index in [2.05, 4.69) is 20.9 Å². The smallest absolute Gasteiger partial charge is 0.326 e. The third-order valence-corrected chi connectivity index (χ3v) is 4.05. The van der Waals surface area contributed by atoms with Crippen molar-refractivity contribution in [3.63, 3.8) is 0 Å². The number of carboxylic acids is 2. The van der Waals surface area contributed by atoms with Crippen molar-refractivity contribution in [3.05, 3.63) is 0 Å². The van der Waals surface area contributed by atoms with Crippen LogP contribution in [0, 0.1) is 0 Å². The molecule has 33 heavy (non-hydrogen) atoms. The second kappa shape index (κ2) is 15.0. The summed E-state index contributed by atoms with van der Waals surface area (Å²) < 4.78 is 0. The van der Waals surface area contributed by atoms with Crippen LogP contribution in [-0.2, 0) is 28.8 Å². The standard InChI is InChI=1S/C17H30N8O8/c18-8(6-13(28)29)14(30)25-9(3-4-11(19)26)15(31)23-7-12(27)24-10(16(32)33)2-1-5-22-17(20)21/h8-10H,1-7,18H2,(H2,19,26)(H,23,31)(H,24,27)(H,25,30)(H,28,29)(H,32,33)(H4,20,21,22). The molecule has 0 saturated carbocycles. The van der Waals surface area contributed by atoms with Crippen LogP contribution in [0.4, 0.5) is 0 Å². The van der Waals surface area contributed by atoms with Gasteiger partial charge in [0.15, 0.2) is 5.96 Å². The van der Waals surface area contributed by atoms with Crippen LogP contribution in [-0.4, -0.2) is 83.0 Å². The van der Waals surface area contributed by atoms with Crippen LogP contribution in [0.3, 0.4) is 0 Å². The summed E-state index contributed by atoms with van der Waals surface area (Å²) >= 11 is 0. The number of aliphatic imine (C=N–C) groups is 1. The summed E-state index contributed by atoms with van der Waals surface area (Å²) in [6.45, 7) is -0.482. The van der Waals surface area contributed by atoms with E-state index in [4.69, 9.17) is 28.0 Å². The number of primary amides is 1. The Morgan fingerprint density at radius 2 is 1.52 bits per heavy atom. The quantitative estimate of drug-likeness (QED) is 0.0581. The summed E-state index contributed by atoms with van der Waals surface area (Å²) in [5.41, 5.74) is 20.8. The molecule has 186 valence electrons. The minimum Gasteiger partial charge on any atom is -0.481 e. The van der Waals surface area contributed by atoms with Crippen LogP contribution < -0.4 is 38.9 Å². The van der Waals surface area contributed by atoms with Gasteiger partial charge in [-0.3, -0.25) is 29.0 Å². The first-order valence-corrected chi connectivity index (χ1v) is 9.74. The van der Waals surface area contributed by atoms with Gasteiger partial charge in [0.25, 0.3) is 0 Å². The van der Waals surface area contributed by atoms with E-state index in [-0.39, 0.29) is 38.2 Å². The van der Waals surface area contributed by atoms with Gasteiger partial charge in [-0.25, -0.2) is 4.79 Å². The SMILES string of the molecule is NC(=O)CCC(NC(=O)C(N)CC(=O)O)C(=O)NCC(=O)NC(CCCN=C(N)N)C(=O)O. The number of guanidine groups is 1. The zero-order chi connectivity index (χ0) is 25.6. The molecule has 0 aliphatic heterocycles. The molecule has 0 aliphatic carbocycles. The highest BCUT2D eigenvalue weighted by atomic mass is 16.4. The molecule has 0 radical (unpaired) electrons. The van der Waals surface area contributed by atoms with Gasteiger partial charge >= 0.3 is 11.9 Å². The van der Waals surface area contributed by atoms with Crippen molar-refractivity contribution in [1.82, 2.24) is 16.0 Å². The number of hydrogen-bond acceptors (Lipinski definition) is 8. The van der Waals surface area contributed by atoms with Crippen molar-refractivity contribution in [2.24, 2.45) is 27.9 Å². The molecule has 3 atom stereocenters. The van der Waals surface area contributed by atoms with Crippen molar-refractivity contribution in [3.8, 4) is 0 Å². The highest BCUT2D eigenvalue weighted by Gasteiger charge is 2.26. The molecule has 0 aromatic rings. The second-order valence-corrected chi connectivity index (χ2v) is 6.90. The van der Waals surface area contributed by atoms with Gasteiger partial charge < -0.3 is 49.1 Å². The average Bonchev–Trinajstić information content (AvgIpc) is 2.70. The van der Waals surface area contributed by atoms with Crippen molar-refractivity contribution in [2.75, 3.05) is 13.1 Å². The molecule has 13 N–H and O–H groups in total. The minimum absolute atomic E-state index is 0.0184. The predicted octanol–water partition coefficient (Wildman–Crippen LogP) is -4.72. The van der Waals surface area contributed by atoms with E-state index >= 15 is 0 Å². The first-order valence-electron chi connectivity index (χ1n) is 9.74. The summed E-state index contributed by atoms with van der Waals surface area (Å²) in [5.74, 6) is -6.24. The van der Waals surface area contributed by atoms with Gasteiger partial charge in [-0.05, 0) is 19.3 Å². The molecule has 0 spiro atoms. The zero-order valence-electron chi connectivity index (χ0n) is 17.8. The van der Waals surface area contributed by atoms with Gasteiger partial charge in [-0.1, -0.05) is 0 Å². The monoisotopic (exact) mass is 474 g/mol. The normalized spacial score (nSPS) is 13.0. The molecule has 16 heteroatoms. The number of amides is 4. The van der Waals surface area contributed by atoms with Crippen LogP contribution in [0.2, 0.25) is 0 Å². The predicted molar refractivity (Wildman–Crippen MR) is 113 cm³/mol. The van der Waals surface area contributed by atoms with E-state index in [9.17, 15) is 33.9 Å². The van der Waals surface area contributed by atoms with Crippen molar-refractivity contribution < 1.29 is 39.0 Å². The molecule has 0 aromatic heterocycles. The Bertz CT molecular complexity index is 768. The van der Waals surface area contributed by atoms with Crippen molar-refractivity contribution in [1.29, 1.82) is 0 Å². The largest absolute Gasteiger partial charge is 0.481 e. The first-order chi connectivity index (χ1) is 15.3. The number of carbonyl (C=O) groups excluding carboxylic acids is 4. The van der Waals surface area contributed by atoms with Crippen LogP contribution in [0.1, 0.15) is 32.1 Å². The summed E-state index contributed by atoms with van der Waals surface area (Å²) in [6, 6.07) is -4.06. The Kier molecular flexibility index (Phi) is 13.2. The fraction of sp³-hybridized carbons (Fsp3) is 0.588. The molecule has 3 unspecified atom stereocenters. The molecular formula is C17H30N8O8. The van der Waals surface area contributed by atoms with E-state index in [1.54, 1.807) is 0 Å². The summed E-state index contributed by atoms with van der Waals surface area (Å²) in [5, 5.41) is 24.5. The molecule has 0 aliphatic rings. The lowest BCUT2D eigenvalue weighted by molar-refractivity contribution is -0.142. The number of nitrogens with zero attached hydrogens (tertiary/aromatic N) is 1. The molecular weight excluding hydrogens is 444 g/mol. The fourth-order valence-electron chi connectivity index (χ4n) is 2.41. The lowest BCUT2D eigenvalue weighted by atomic mass is 10.1. The number of carboxylic acid groups (broad SMARTS) is 2. The van der Waals surface area contributed by atoms with Crippen LogP contribution >= 0.6 is 0 Å². The summed E-state index contributed by atoms with van der Waals surface area (Å²) in [7, 11) is 0. The van der Waals surface area contributed by atoms with Gasteiger partial charge in [0.1, 0.15) is 12.1 Å². The molecule has 0 bridgehead atoms. The van der Waals surface area contributed by atoms with Gasteiger partial charge in [-0.2, -0.15) is 0 Å². The van der Waals surface area contributed by atoms with Gasteiger partial charge in [-0.15, -0.1) is 0 Å². The Morgan fingerprint density at radius 1 is 0.879 bits per heavy atom. The number of nitrogens with one attached hydrogen (secondary N) is 3. The first kappa shape index (κ1) is 29.1. The van der Waals surface area contributed by atoms with Crippen molar-refractivity contribution >= 4 is 41.5 Å². The van der Waals surface area contributed by atoms with Gasteiger partial charge in [0.05, 0.1) is 19.0 Å². The topological polar surface area (TPSA) is 295 Å². The molecule has 0 saturated heterocycles. The maximum Gasteiger partial charge on any atom is 0.326 e. The van der Waals surface area contributed by atoms with Crippen LogP contribution in [0.5, 0.6) is 0 Å². The Morgan fingerprint density at radius 3 is 2.03 bits per heavy atom. The van der Waals surface area contributed by atoms with Crippen LogP contribution in [0.15, 0.2) is 4.99 Å². The molecule has 4 amide bonds. The maximum atomic E-state index is 12.4. The highest BCUT2D eigenvalue weighted by Crippen LogP contribution is 2.01. The Balaban J connectivity index is 4.88. The average molecular weight is 474 g/mol. The summed E-state index contributed by atoms with van der Waals surface area (Å²) in [4.78, 5) is 73.1. The lowest BCUT2D eigenvalue weighted by Gasteiger charge is -2.20. The molecule has 16 nitrogen and oxygen atoms in total.